The molecule has 1 unspecified atom stereocenters. The van der Waals surface area contributed by atoms with E-state index >= 15 is 0 Å². The summed E-state index contributed by atoms with van der Waals surface area (Å²) >= 11 is 0. The van der Waals surface area contributed by atoms with E-state index in [1.54, 1.807) is 0 Å². The van der Waals surface area contributed by atoms with Crippen LogP contribution in [0.15, 0.2) is 134 Å². The molecule has 0 aliphatic carbocycles. The highest BCUT2D eigenvalue weighted by Gasteiger charge is 2.19. The van der Waals surface area contributed by atoms with Gasteiger partial charge in [-0.1, -0.05) is 289 Å². The number of hydrogen-bond acceptors (Lipinski definition) is 6. The smallest absolute Gasteiger partial charge is 0.306 e. The van der Waals surface area contributed by atoms with E-state index in [1.165, 1.54) is 122 Å². The Morgan fingerprint density at radius 3 is 0.765 bits per heavy atom. The molecular formula is C75H124O6. The molecule has 81 heavy (non-hydrogen) atoms. The van der Waals surface area contributed by atoms with Crippen LogP contribution in [0.4, 0.5) is 0 Å². The highest BCUT2D eigenvalue weighted by molar-refractivity contribution is 5.71. The van der Waals surface area contributed by atoms with E-state index in [2.05, 4.69) is 154 Å². The Kier molecular flexibility index (Phi) is 64.3. The Labute approximate surface area is 500 Å². The van der Waals surface area contributed by atoms with Crippen LogP contribution in [-0.4, -0.2) is 37.2 Å². The molecule has 0 bridgehead atoms. The summed E-state index contributed by atoms with van der Waals surface area (Å²) < 4.78 is 16.9. The fourth-order valence-electron chi connectivity index (χ4n) is 9.13. The number of carbonyl (C=O) groups is 3. The predicted octanol–water partition coefficient (Wildman–Crippen LogP) is 23.3. The summed E-state index contributed by atoms with van der Waals surface area (Å²) in [6, 6.07) is 0. The SMILES string of the molecule is CC/C=C\C/C=C\C/C=C\C/C=C\C/C=C\CCCCCCCCCCCCCCCC(=O)OCC(COC(=O)CCCCCCC/C=C\CCCC)OC(=O)CCCCCCCCC/C=C\C/C=C\C/C=C\C/C=C\C/C=C\CC. The lowest BCUT2D eigenvalue weighted by Gasteiger charge is -2.18. The average molecular weight is 1120 g/mol. The van der Waals surface area contributed by atoms with Crippen molar-refractivity contribution >= 4 is 17.9 Å². The molecule has 6 nitrogen and oxygen atoms in total. The molecular weight excluding hydrogens is 997 g/mol. The zero-order chi connectivity index (χ0) is 58.5. The van der Waals surface area contributed by atoms with Crippen molar-refractivity contribution in [3.63, 3.8) is 0 Å². The lowest BCUT2D eigenvalue weighted by atomic mass is 10.0. The average Bonchev–Trinajstić information content (AvgIpc) is 3.47. The molecule has 0 aromatic carbocycles. The van der Waals surface area contributed by atoms with E-state index < -0.39 is 6.10 Å². The Morgan fingerprint density at radius 1 is 0.259 bits per heavy atom. The van der Waals surface area contributed by atoms with Crippen LogP contribution in [-0.2, 0) is 28.6 Å². The van der Waals surface area contributed by atoms with Gasteiger partial charge in [0, 0.05) is 19.3 Å². The number of ether oxygens (including phenoxy) is 3. The Morgan fingerprint density at radius 2 is 0.481 bits per heavy atom. The summed E-state index contributed by atoms with van der Waals surface area (Å²) in [4.78, 5) is 38.3. The van der Waals surface area contributed by atoms with Crippen LogP contribution in [0.1, 0.15) is 303 Å². The number of unbranched alkanes of at least 4 members (excludes halogenated alkanes) is 27. The Hall–Kier alpha value is -4.45. The van der Waals surface area contributed by atoms with Gasteiger partial charge in [0.05, 0.1) is 0 Å². The first-order valence-corrected chi connectivity index (χ1v) is 33.7. The van der Waals surface area contributed by atoms with Gasteiger partial charge < -0.3 is 14.2 Å². The molecule has 460 valence electrons. The Bertz CT molecular complexity index is 1720. The minimum absolute atomic E-state index is 0.0878. The van der Waals surface area contributed by atoms with E-state index in [1.807, 2.05) is 0 Å². The van der Waals surface area contributed by atoms with Crippen LogP contribution >= 0.6 is 0 Å². The largest absolute Gasteiger partial charge is 0.462 e. The van der Waals surface area contributed by atoms with E-state index in [4.69, 9.17) is 14.2 Å². The number of rotatable bonds is 60. The Balaban J connectivity index is 4.27. The third kappa shape index (κ3) is 66.2. The highest BCUT2D eigenvalue weighted by Crippen LogP contribution is 2.16. The normalized spacial score (nSPS) is 13.0. The van der Waals surface area contributed by atoms with Crippen molar-refractivity contribution in [1.29, 1.82) is 0 Å². The summed E-state index contributed by atoms with van der Waals surface area (Å²) in [5.74, 6) is -0.905. The first-order chi connectivity index (χ1) is 40.0. The number of esters is 3. The van der Waals surface area contributed by atoms with Gasteiger partial charge in [-0.15, -0.1) is 0 Å². The van der Waals surface area contributed by atoms with Gasteiger partial charge in [-0.2, -0.15) is 0 Å². The van der Waals surface area contributed by atoms with Gasteiger partial charge in [0.2, 0.25) is 0 Å². The number of hydrogen-bond donors (Lipinski definition) is 0. The molecule has 0 amide bonds. The molecule has 0 spiro atoms. The lowest BCUT2D eigenvalue weighted by Crippen LogP contribution is -2.30. The molecule has 0 aromatic rings. The molecule has 0 heterocycles. The maximum Gasteiger partial charge on any atom is 0.306 e. The van der Waals surface area contributed by atoms with E-state index in [9.17, 15) is 14.4 Å². The van der Waals surface area contributed by atoms with Gasteiger partial charge in [0.15, 0.2) is 6.10 Å². The van der Waals surface area contributed by atoms with E-state index in [0.717, 1.165) is 141 Å². The zero-order valence-corrected chi connectivity index (χ0v) is 52.8. The molecule has 0 aliphatic rings. The van der Waals surface area contributed by atoms with Gasteiger partial charge in [-0.25, -0.2) is 0 Å². The van der Waals surface area contributed by atoms with Crippen molar-refractivity contribution in [2.75, 3.05) is 13.2 Å². The fourth-order valence-corrected chi connectivity index (χ4v) is 9.13. The summed E-state index contributed by atoms with van der Waals surface area (Å²) in [6.45, 7) is 6.37. The first-order valence-electron chi connectivity index (χ1n) is 33.7. The number of carbonyl (C=O) groups excluding carboxylic acids is 3. The van der Waals surface area contributed by atoms with Gasteiger partial charge in [0.1, 0.15) is 13.2 Å². The second-order valence-electron chi connectivity index (χ2n) is 22.0. The van der Waals surface area contributed by atoms with Crippen molar-refractivity contribution in [2.45, 2.75) is 309 Å². The molecule has 0 saturated heterocycles. The van der Waals surface area contributed by atoms with Crippen LogP contribution in [0.3, 0.4) is 0 Å². The van der Waals surface area contributed by atoms with Crippen molar-refractivity contribution in [2.24, 2.45) is 0 Å². The van der Waals surface area contributed by atoms with Crippen LogP contribution in [0.25, 0.3) is 0 Å². The molecule has 0 aliphatic heterocycles. The monoisotopic (exact) mass is 1120 g/mol. The van der Waals surface area contributed by atoms with Gasteiger partial charge in [-0.3, -0.25) is 14.4 Å². The van der Waals surface area contributed by atoms with Gasteiger partial charge in [0.25, 0.3) is 0 Å². The summed E-state index contributed by atoms with van der Waals surface area (Å²) in [6.07, 6.45) is 96.1. The maximum atomic E-state index is 12.9. The third-order valence-corrected chi connectivity index (χ3v) is 14.1. The first kappa shape index (κ1) is 76.5. The highest BCUT2D eigenvalue weighted by atomic mass is 16.6. The fraction of sp³-hybridized carbons (Fsp3) is 0.667. The van der Waals surface area contributed by atoms with E-state index in [-0.39, 0.29) is 31.1 Å². The third-order valence-electron chi connectivity index (χ3n) is 14.1. The van der Waals surface area contributed by atoms with Crippen molar-refractivity contribution in [3.8, 4) is 0 Å². The van der Waals surface area contributed by atoms with Gasteiger partial charge >= 0.3 is 17.9 Å². The van der Waals surface area contributed by atoms with E-state index in [0.29, 0.717) is 19.3 Å². The lowest BCUT2D eigenvalue weighted by molar-refractivity contribution is -0.167. The molecule has 6 heteroatoms. The summed E-state index contributed by atoms with van der Waals surface area (Å²) in [7, 11) is 0. The molecule has 1 atom stereocenters. The molecule has 0 fully saturated rings. The zero-order valence-electron chi connectivity index (χ0n) is 52.8. The molecule has 0 rings (SSSR count). The van der Waals surface area contributed by atoms with Crippen LogP contribution in [0.2, 0.25) is 0 Å². The van der Waals surface area contributed by atoms with Crippen molar-refractivity contribution in [1.82, 2.24) is 0 Å². The van der Waals surface area contributed by atoms with Crippen molar-refractivity contribution in [3.05, 3.63) is 134 Å². The molecule has 0 aromatic heterocycles. The molecule has 0 saturated carbocycles. The minimum atomic E-state index is -0.793. The second kappa shape index (κ2) is 68.1. The molecule has 0 radical (unpaired) electrons. The minimum Gasteiger partial charge on any atom is -0.462 e. The predicted molar refractivity (Wildman–Crippen MR) is 353 cm³/mol. The molecule has 0 N–H and O–H groups in total. The maximum absolute atomic E-state index is 12.9. The number of allylic oxidation sites excluding steroid dienone is 22. The second-order valence-corrected chi connectivity index (χ2v) is 22.0. The quantitative estimate of drug-likeness (QED) is 0.0261. The van der Waals surface area contributed by atoms with Crippen LogP contribution in [0.5, 0.6) is 0 Å². The standard InChI is InChI=1S/C75H124O6/c1-4-7-10-13-16-19-22-24-26-28-30-32-34-35-36-37-38-39-41-42-44-46-48-50-53-56-59-62-65-68-74(77)80-71-72(70-79-73(76)67-64-61-58-55-52-21-18-15-12-9-6-3)81-75(78)69-66-63-60-57-54-51-49-47-45-43-40-33-31-29-27-25-23-20-17-14-11-8-5-2/h7-8,10-11,15-20,24-27,30-33,35-36,43,45,72H,4-6,9,12-14,21-23,28-29,34,37-42,44,46-71H2,1-3H3/b10-7-,11-8-,18-15-,19-16-,20-17-,26-24-,27-25-,32-30-,33-31-,36-35-,45-43-. The summed E-state index contributed by atoms with van der Waals surface area (Å²) in [5, 5.41) is 0. The van der Waals surface area contributed by atoms with Crippen LogP contribution in [0, 0.1) is 0 Å². The van der Waals surface area contributed by atoms with Gasteiger partial charge in [-0.05, 0) is 128 Å². The van der Waals surface area contributed by atoms with Crippen molar-refractivity contribution < 1.29 is 28.6 Å². The summed E-state index contributed by atoms with van der Waals surface area (Å²) in [5.41, 5.74) is 0. The topological polar surface area (TPSA) is 78.9 Å². The van der Waals surface area contributed by atoms with Crippen LogP contribution < -0.4 is 0 Å².